The number of nitrogens with one attached hydrogen (secondary N) is 1. The lowest BCUT2D eigenvalue weighted by molar-refractivity contribution is -0.124. The maximum absolute atomic E-state index is 11.4. The molecule has 1 amide bonds. The van der Waals surface area contributed by atoms with Crippen LogP contribution >= 0.6 is 0 Å². The third-order valence-electron chi connectivity index (χ3n) is 2.98. The van der Waals surface area contributed by atoms with Crippen molar-refractivity contribution in [1.82, 2.24) is 10.2 Å². The molecule has 1 atom stereocenters. The van der Waals surface area contributed by atoms with Gasteiger partial charge in [0.15, 0.2) is 0 Å². The Hall–Kier alpha value is -0.610. The van der Waals surface area contributed by atoms with Crippen molar-refractivity contribution in [2.75, 3.05) is 32.7 Å². The summed E-state index contributed by atoms with van der Waals surface area (Å²) >= 11 is 0. The Balaban J connectivity index is 2.07. The minimum atomic E-state index is -0.0636. The van der Waals surface area contributed by atoms with Gasteiger partial charge in [0.2, 0.25) is 5.91 Å². The van der Waals surface area contributed by atoms with Gasteiger partial charge in [-0.15, -0.1) is 0 Å². The van der Waals surface area contributed by atoms with Gasteiger partial charge in [-0.3, -0.25) is 4.79 Å². The van der Waals surface area contributed by atoms with Crippen LogP contribution in [0.5, 0.6) is 0 Å². The van der Waals surface area contributed by atoms with Crippen molar-refractivity contribution in [3.05, 3.63) is 0 Å². The highest BCUT2D eigenvalue weighted by molar-refractivity contribution is 5.78. The lowest BCUT2D eigenvalue weighted by Gasteiger charge is -2.26. The predicted molar refractivity (Wildman–Crippen MR) is 61.5 cm³/mol. The van der Waals surface area contributed by atoms with Crippen molar-refractivity contribution in [2.24, 2.45) is 11.7 Å². The number of carbonyl (C=O) groups excluding carboxylic acids is 1. The lowest BCUT2D eigenvalue weighted by Crippen LogP contribution is -2.40. The Bertz CT molecular complexity index is 190. The molecule has 0 bridgehead atoms. The second-order valence-electron chi connectivity index (χ2n) is 4.33. The monoisotopic (exact) mass is 213 g/mol. The number of amides is 1. The third-order valence-corrected chi connectivity index (χ3v) is 2.98. The zero-order chi connectivity index (χ0) is 11.1. The highest BCUT2D eigenvalue weighted by Crippen LogP contribution is 2.07. The molecule has 0 aliphatic carbocycles. The summed E-state index contributed by atoms with van der Waals surface area (Å²) in [6.07, 6.45) is 3.95. The third kappa shape index (κ3) is 4.62. The fourth-order valence-corrected chi connectivity index (χ4v) is 1.80. The van der Waals surface area contributed by atoms with Gasteiger partial charge in [-0.25, -0.2) is 0 Å². The molecule has 1 rings (SSSR count). The van der Waals surface area contributed by atoms with E-state index in [1.807, 2.05) is 6.92 Å². The Morgan fingerprint density at radius 3 is 2.67 bits per heavy atom. The summed E-state index contributed by atoms with van der Waals surface area (Å²) in [4.78, 5) is 13.8. The van der Waals surface area contributed by atoms with Crippen LogP contribution in [-0.4, -0.2) is 43.5 Å². The molecule has 1 fully saturated rings. The first kappa shape index (κ1) is 12.5. The topological polar surface area (TPSA) is 58.4 Å². The van der Waals surface area contributed by atoms with E-state index >= 15 is 0 Å². The second-order valence-corrected chi connectivity index (χ2v) is 4.33. The summed E-state index contributed by atoms with van der Waals surface area (Å²) < 4.78 is 0. The molecular formula is C11H23N3O. The quantitative estimate of drug-likeness (QED) is 0.685. The minimum absolute atomic E-state index is 0.0636. The molecular weight excluding hydrogens is 190 g/mol. The Morgan fingerprint density at radius 1 is 1.40 bits per heavy atom. The fourth-order valence-electron chi connectivity index (χ4n) is 1.80. The van der Waals surface area contributed by atoms with Crippen LogP contribution < -0.4 is 11.1 Å². The smallest absolute Gasteiger partial charge is 0.224 e. The average Bonchev–Trinajstić information content (AvgIpc) is 2.29. The SMILES string of the molecule is CC(CN)C(=O)NCCN1CCCCC1. The first-order valence-corrected chi connectivity index (χ1v) is 5.94. The molecule has 0 aromatic rings. The number of hydrogen-bond acceptors (Lipinski definition) is 3. The van der Waals surface area contributed by atoms with Crippen LogP contribution in [0.1, 0.15) is 26.2 Å². The van der Waals surface area contributed by atoms with E-state index in [4.69, 9.17) is 5.73 Å². The number of nitrogens with zero attached hydrogens (tertiary/aromatic N) is 1. The van der Waals surface area contributed by atoms with Crippen molar-refractivity contribution in [2.45, 2.75) is 26.2 Å². The van der Waals surface area contributed by atoms with Crippen LogP contribution in [0.4, 0.5) is 0 Å². The van der Waals surface area contributed by atoms with E-state index < -0.39 is 0 Å². The van der Waals surface area contributed by atoms with Gasteiger partial charge in [0, 0.05) is 25.6 Å². The van der Waals surface area contributed by atoms with E-state index in [1.54, 1.807) is 0 Å². The van der Waals surface area contributed by atoms with E-state index in [-0.39, 0.29) is 11.8 Å². The van der Waals surface area contributed by atoms with Gasteiger partial charge in [0.05, 0.1) is 0 Å². The molecule has 4 nitrogen and oxygen atoms in total. The van der Waals surface area contributed by atoms with Crippen LogP contribution in [0.2, 0.25) is 0 Å². The summed E-state index contributed by atoms with van der Waals surface area (Å²) in [6, 6.07) is 0. The number of hydrogen-bond donors (Lipinski definition) is 2. The average molecular weight is 213 g/mol. The lowest BCUT2D eigenvalue weighted by atomic mass is 10.1. The highest BCUT2D eigenvalue weighted by atomic mass is 16.1. The molecule has 4 heteroatoms. The maximum atomic E-state index is 11.4. The molecule has 3 N–H and O–H groups in total. The second kappa shape index (κ2) is 6.80. The minimum Gasteiger partial charge on any atom is -0.355 e. The molecule has 88 valence electrons. The normalized spacial score (nSPS) is 19.9. The molecule has 0 spiro atoms. The summed E-state index contributed by atoms with van der Waals surface area (Å²) in [5.41, 5.74) is 5.42. The van der Waals surface area contributed by atoms with Crippen molar-refractivity contribution >= 4 is 5.91 Å². The predicted octanol–water partition coefficient (Wildman–Crippen LogP) is 0.183. The summed E-state index contributed by atoms with van der Waals surface area (Å²) in [5.74, 6) is 0.0147. The number of rotatable bonds is 5. The highest BCUT2D eigenvalue weighted by Gasteiger charge is 2.12. The van der Waals surface area contributed by atoms with Crippen molar-refractivity contribution in [1.29, 1.82) is 0 Å². The van der Waals surface area contributed by atoms with E-state index in [9.17, 15) is 4.79 Å². The molecule has 1 heterocycles. The molecule has 0 aromatic heterocycles. The van der Waals surface area contributed by atoms with Crippen molar-refractivity contribution in [3.8, 4) is 0 Å². The van der Waals surface area contributed by atoms with Crippen LogP contribution in [0.15, 0.2) is 0 Å². The van der Waals surface area contributed by atoms with Crippen LogP contribution in [0.25, 0.3) is 0 Å². The maximum Gasteiger partial charge on any atom is 0.224 e. The number of piperidine rings is 1. The molecule has 1 unspecified atom stereocenters. The summed E-state index contributed by atoms with van der Waals surface area (Å²) in [5, 5.41) is 2.92. The van der Waals surface area contributed by atoms with Crippen LogP contribution in [0, 0.1) is 5.92 Å². The van der Waals surface area contributed by atoms with Gasteiger partial charge in [0.1, 0.15) is 0 Å². The van der Waals surface area contributed by atoms with Gasteiger partial charge in [-0.2, -0.15) is 0 Å². The fraction of sp³-hybridized carbons (Fsp3) is 0.909. The zero-order valence-corrected chi connectivity index (χ0v) is 9.67. The van der Waals surface area contributed by atoms with Crippen molar-refractivity contribution in [3.63, 3.8) is 0 Å². The molecule has 0 aromatic carbocycles. The Kier molecular flexibility index (Phi) is 5.65. The molecule has 0 radical (unpaired) electrons. The summed E-state index contributed by atoms with van der Waals surface area (Å²) in [7, 11) is 0. The van der Waals surface area contributed by atoms with Gasteiger partial charge in [0.25, 0.3) is 0 Å². The first-order valence-electron chi connectivity index (χ1n) is 5.94. The van der Waals surface area contributed by atoms with Crippen LogP contribution in [0.3, 0.4) is 0 Å². The number of likely N-dealkylation sites (tertiary alicyclic amines) is 1. The molecule has 1 saturated heterocycles. The Morgan fingerprint density at radius 2 is 2.07 bits per heavy atom. The van der Waals surface area contributed by atoms with Crippen LogP contribution in [-0.2, 0) is 4.79 Å². The van der Waals surface area contributed by atoms with E-state index in [0.717, 1.165) is 13.1 Å². The van der Waals surface area contributed by atoms with E-state index in [1.165, 1.54) is 32.4 Å². The van der Waals surface area contributed by atoms with Gasteiger partial charge < -0.3 is 16.0 Å². The van der Waals surface area contributed by atoms with Gasteiger partial charge >= 0.3 is 0 Å². The van der Waals surface area contributed by atoms with Crippen molar-refractivity contribution < 1.29 is 4.79 Å². The molecule has 1 aliphatic heterocycles. The molecule has 15 heavy (non-hydrogen) atoms. The first-order chi connectivity index (χ1) is 7.24. The standard InChI is InChI=1S/C11H23N3O/c1-10(9-12)11(15)13-5-8-14-6-3-2-4-7-14/h10H,2-9,12H2,1H3,(H,13,15). The molecule has 0 saturated carbocycles. The number of nitrogens with two attached hydrogens (primary N) is 1. The number of carbonyl (C=O) groups is 1. The van der Waals surface area contributed by atoms with Gasteiger partial charge in [-0.05, 0) is 25.9 Å². The van der Waals surface area contributed by atoms with Gasteiger partial charge in [-0.1, -0.05) is 13.3 Å². The molecule has 1 aliphatic rings. The zero-order valence-electron chi connectivity index (χ0n) is 9.67. The van der Waals surface area contributed by atoms with E-state index in [2.05, 4.69) is 10.2 Å². The van der Waals surface area contributed by atoms with E-state index in [0.29, 0.717) is 6.54 Å². The Labute approximate surface area is 92.2 Å². The largest absolute Gasteiger partial charge is 0.355 e. The summed E-state index contributed by atoms with van der Waals surface area (Å²) in [6.45, 7) is 6.38.